The molecule has 5 heteroatoms. The number of hydrogen-bond donors (Lipinski definition) is 2. The zero-order chi connectivity index (χ0) is 15.4. The fraction of sp³-hybridized carbons (Fsp3) is 0.500. The summed E-state index contributed by atoms with van der Waals surface area (Å²) in [5.41, 5.74) is 2.25. The molecule has 0 aromatic heterocycles. The summed E-state index contributed by atoms with van der Waals surface area (Å²) >= 11 is 0. The second-order valence-corrected chi connectivity index (χ2v) is 5.63. The van der Waals surface area contributed by atoms with Gasteiger partial charge in [-0.1, -0.05) is 24.3 Å². The molecule has 5 nitrogen and oxygen atoms in total. The van der Waals surface area contributed by atoms with Crippen molar-refractivity contribution in [1.29, 1.82) is 0 Å². The Bertz CT molecular complexity index is 522. The average Bonchev–Trinajstić information content (AvgIpc) is 2.47. The highest BCUT2D eigenvalue weighted by Crippen LogP contribution is 2.20. The molecule has 114 valence electrons. The first-order valence-corrected chi connectivity index (χ1v) is 7.33. The van der Waals surface area contributed by atoms with Gasteiger partial charge in [0.25, 0.3) is 0 Å². The van der Waals surface area contributed by atoms with Crippen molar-refractivity contribution in [2.24, 2.45) is 5.92 Å². The molecule has 1 saturated heterocycles. The molecule has 0 bridgehead atoms. The van der Waals surface area contributed by atoms with Gasteiger partial charge in [-0.2, -0.15) is 0 Å². The lowest BCUT2D eigenvalue weighted by molar-refractivity contribution is -0.143. The van der Waals surface area contributed by atoms with Crippen LogP contribution in [0.3, 0.4) is 0 Å². The third-order valence-corrected chi connectivity index (χ3v) is 4.13. The standard InChI is InChI=1S/C16H22N2O3/c1-11-5-3-4-6-14(11)12(2)17-16(21)18-9-7-13(8-10-18)15(19)20/h3-6,12-13H,7-10H2,1-2H3,(H,17,21)(H,19,20). The molecule has 21 heavy (non-hydrogen) atoms. The van der Waals surface area contributed by atoms with Crippen LogP contribution in [0.4, 0.5) is 4.79 Å². The smallest absolute Gasteiger partial charge is 0.317 e. The Morgan fingerprint density at radius 3 is 2.48 bits per heavy atom. The van der Waals surface area contributed by atoms with E-state index in [-0.39, 0.29) is 18.0 Å². The second kappa shape index (κ2) is 6.61. The summed E-state index contributed by atoms with van der Waals surface area (Å²) in [6.45, 7) is 4.99. The maximum Gasteiger partial charge on any atom is 0.317 e. The Kier molecular flexibility index (Phi) is 4.83. The minimum atomic E-state index is -0.761. The largest absolute Gasteiger partial charge is 0.481 e. The molecule has 1 fully saturated rings. The molecule has 0 spiro atoms. The van der Waals surface area contributed by atoms with Crippen LogP contribution in [0.5, 0.6) is 0 Å². The van der Waals surface area contributed by atoms with E-state index in [1.165, 1.54) is 0 Å². The summed E-state index contributed by atoms with van der Waals surface area (Å²) in [4.78, 5) is 24.9. The summed E-state index contributed by atoms with van der Waals surface area (Å²) < 4.78 is 0. The van der Waals surface area contributed by atoms with E-state index < -0.39 is 5.97 Å². The average molecular weight is 290 g/mol. The number of carboxylic acid groups (broad SMARTS) is 1. The number of amides is 2. The minimum Gasteiger partial charge on any atom is -0.481 e. The van der Waals surface area contributed by atoms with Gasteiger partial charge in [-0.25, -0.2) is 4.79 Å². The first-order valence-electron chi connectivity index (χ1n) is 7.33. The lowest BCUT2D eigenvalue weighted by atomic mass is 9.97. The van der Waals surface area contributed by atoms with E-state index in [4.69, 9.17) is 5.11 Å². The van der Waals surface area contributed by atoms with Crippen LogP contribution < -0.4 is 5.32 Å². The van der Waals surface area contributed by atoms with E-state index in [9.17, 15) is 9.59 Å². The van der Waals surface area contributed by atoms with Gasteiger partial charge < -0.3 is 15.3 Å². The Hall–Kier alpha value is -2.04. The molecule has 0 aliphatic carbocycles. The number of piperidine rings is 1. The third-order valence-electron chi connectivity index (χ3n) is 4.13. The molecule has 1 atom stereocenters. The number of nitrogens with one attached hydrogen (secondary N) is 1. The molecule has 0 radical (unpaired) electrons. The predicted octanol–water partition coefficient (Wildman–Crippen LogP) is 2.56. The van der Waals surface area contributed by atoms with Crippen molar-refractivity contribution in [1.82, 2.24) is 10.2 Å². The summed E-state index contributed by atoms with van der Waals surface area (Å²) in [5, 5.41) is 12.0. The van der Waals surface area contributed by atoms with Gasteiger partial charge in [0.15, 0.2) is 0 Å². The SMILES string of the molecule is Cc1ccccc1C(C)NC(=O)N1CCC(C(=O)O)CC1. The number of carbonyl (C=O) groups excluding carboxylic acids is 1. The van der Waals surface area contributed by atoms with Gasteiger partial charge in [-0.3, -0.25) is 4.79 Å². The van der Waals surface area contributed by atoms with Crippen LogP contribution in [0.2, 0.25) is 0 Å². The highest BCUT2D eigenvalue weighted by atomic mass is 16.4. The maximum absolute atomic E-state index is 12.2. The van der Waals surface area contributed by atoms with Crippen LogP contribution in [0.25, 0.3) is 0 Å². The van der Waals surface area contributed by atoms with Crippen molar-refractivity contribution in [3.63, 3.8) is 0 Å². The van der Waals surface area contributed by atoms with E-state index in [0.717, 1.165) is 11.1 Å². The molecule has 1 aliphatic rings. The number of nitrogens with zero attached hydrogens (tertiary/aromatic N) is 1. The molecular weight excluding hydrogens is 268 g/mol. The normalized spacial score (nSPS) is 17.3. The zero-order valence-electron chi connectivity index (χ0n) is 12.5. The van der Waals surface area contributed by atoms with Crippen LogP contribution in [-0.4, -0.2) is 35.1 Å². The zero-order valence-corrected chi connectivity index (χ0v) is 12.5. The number of aliphatic carboxylic acids is 1. The number of aryl methyl sites for hydroxylation is 1. The van der Waals surface area contributed by atoms with Crippen molar-refractivity contribution >= 4 is 12.0 Å². The van der Waals surface area contributed by atoms with Gasteiger partial charge in [0, 0.05) is 13.1 Å². The van der Waals surface area contributed by atoms with Gasteiger partial charge in [-0.15, -0.1) is 0 Å². The highest BCUT2D eigenvalue weighted by Gasteiger charge is 2.27. The number of hydrogen-bond acceptors (Lipinski definition) is 2. The molecular formula is C16H22N2O3. The van der Waals surface area contributed by atoms with Gasteiger partial charge >= 0.3 is 12.0 Å². The summed E-state index contributed by atoms with van der Waals surface area (Å²) in [6, 6.07) is 7.80. The van der Waals surface area contributed by atoms with Crippen LogP contribution in [0.1, 0.15) is 36.9 Å². The topological polar surface area (TPSA) is 69.6 Å². The molecule has 2 rings (SSSR count). The number of rotatable bonds is 3. The van der Waals surface area contributed by atoms with E-state index in [0.29, 0.717) is 25.9 Å². The van der Waals surface area contributed by atoms with Crippen LogP contribution in [0.15, 0.2) is 24.3 Å². The fourth-order valence-corrected chi connectivity index (χ4v) is 2.76. The van der Waals surface area contributed by atoms with E-state index in [2.05, 4.69) is 5.32 Å². The number of likely N-dealkylation sites (tertiary alicyclic amines) is 1. The van der Waals surface area contributed by atoms with E-state index in [1.54, 1.807) is 4.90 Å². The van der Waals surface area contributed by atoms with Crippen molar-refractivity contribution in [2.45, 2.75) is 32.7 Å². The van der Waals surface area contributed by atoms with Crippen LogP contribution in [-0.2, 0) is 4.79 Å². The predicted molar refractivity (Wildman–Crippen MR) is 80.1 cm³/mol. The van der Waals surface area contributed by atoms with Crippen LogP contribution >= 0.6 is 0 Å². The van der Waals surface area contributed by atoms with Gasteiger partial charge in [0.05, 0.1) is 12.0 Å². The highest BCUT2D eigenvalue weighted by molar-refractivity contribution is 5.75. The first kappa shape index (κ1) is 15.4. The lowest BCUT2D eigenvalue weighted by Gasteiger charge is -2.31. The van der Waals surface area contributed by atoms with E-state index >= 15 is 0 Å². The van der Waals surface area contributed by atoms with Crippen LogP contribution in [0, 0.1) is 12.8 Å². The molecule has 2 amide bonds. The molecule has 2 N–H and O–H groups in total. The summed E-state index contributed by atoms with van der Waals surface area (Å²) in [6.07, 6.45) is 1.06. The quantitative estimate of drug-likeness (QED) is 0.899. The van der Waals surface area contributed by atoms with Gasteiger partial charge in [0.2, 0.25) is 0 Å². The third kappa shape index (κ3) is 3.74. The number of benzene rings is 1. The molecule has 1 unspecified atom stereocenters. The van der Waals surface area contributed by atoms with Crippen molar-refractivity contribution < 1.29 is 14.7 Å². The maximum atomic E-state index is 12.2. The Morgan fingerprint density at radius 1 is 1.29 bits per heavy atom. The molecule has 1 heterocycles. The number of carboxylic acids is 1. The van der Waals surface area contributed by atoms with Crippen molar-refractivity contribution in [3.05, 3.63) is 35.4 Å². The number of urea groups is 1. The van der Waals surface area contributed by atoms with Crippen molar-refractivity contribution in [2.75, 3.05) is 13.1 Å². The molecule has 1 aliphatic heterocycles. The summed E-state index contributed by atoms with van der Waals surface area (Å²) in [5.74, 6) is -1.08. The van der Waals surface area contributed by atoms with E-state index in [1.807, 2.05) is 38.1 Å². The second-order valence-electron chi connectivity index (χ2n) is 5.63. The molecule has 1 aromatic rings. The number of carbonyl (C=O) groups is 2. The summed E-state index contributed by atoms with van der Waals surface area (Å²) in [7, 11) is 0. The van der Waals surface area contributed by atoms with Gasteiger partial charge in [-0.05, 0) is 37.8 Å². The lowest BCUT2D eigenvalue weighted by Crippen LogP contribution is -2.46. The Balaban J connectivity index is 1.90. The molecule has 1 aromatic carbocycles. The Labute approximate surface area is 125 Å². The minimum absolute atomic E-state index is 0.0594. The monoisotopic (exact) mass is 290 g/mol. The first-order chi connectivity index (χ1) is 9.99. The van der Waals surface area contributed by atoms with Gasteiger partial charge in [0.1, 0.15) is 0 Å². The Morgan fingerprint density at radius 2 is 1.90 bits per heavy atom. The fourth-order valence-electron chi connectivity index (χ4n) is 2.76. The molecule has 0 saturated carbocycles. The van der Waals surface area contributed by atoms with Crippen molar-refractivity contribution in [3.8, 4) is 0 Å².